The van der Waals surface area contributed by atoms with Gasteiger partial charge < -0.3 is 4.74 Å². The van der Waals surface area contributed by atoms with Crippen molar-refractivity contribution in [1.29, 1.82) is 0 Å². The third kappa shape index (κ3) is 5.78. The van der Waals surface area contributed by atoms with Gasteiger partial charge in [-0.3, -0.25) is 0 Å². The topological polar surface area (TPSA) is 43.4 Å². The lowest BCUT2D eigenvalue weighted by molar-refractivity contribution is 0.199. The summed E-state index contributed by atoms with van der Waals surface area (Å²) >= 11 is 9.13. The lowest BCUT2D eigenvalue weighted by atomic mass is 9.98. The fourth-order valence-corrected chi connectivity index (χ4v) is 4.07. The summed E-state index contributed by atoms with van der Waals surface area (Å²) in [6, 6.07) is 5.13. The maximum atomic E-state index is 11.1. The quantitative estimate of drug-likeness (QED) is 0.728. The van der Waals surface area contributed by atoms with Crippen LogP contribution in [0, 0.1) is 5.41 Å². The molecule has 0 aromatic heterocycles. The van der Waals surface area contributed by atoms with E-state index in [0.717, 1.165) is 4.47 Å². The van der Waals surface area contributed by atoms with Gasteiger partial charge in [0.15, 0.2) is 0 Å². The van der Waals surface area contributed by atoms with Crippen molar-refractivity contribution in [2.45, 2.75) is 13.8 Å². The van der Waals surface area contributed by atoms with Crippen LogP contribution in [-0.2, 0) is 9.05 Å². The summed E-state index contributed by atoms with van der Waals surface area (Å²) in [6.45, 7) is 3.78. The zero-order valence-electron chi connectivity index (χ0n) is 9.91. The summed E-state index contributed by atoms with van der Waals surface area (Å²) in [5.41, 5.74) is -0.570. The van der Waals surface area contributed by atoms with Crippen LogP contribution in [0.25, 0.3) is 0 Å². The molecule has 1 aromatic carbocycles. The average molecular weight is 376 g/mol. The molecule has 1 rings (SSSR count). The predicted molar refractivity (Wildman–Crippen MR) is 78.1 cm³/mol. The molecule has 3 nitrogen and oxygen atoms in total. The molecule has 7 heteroatoms. The smallest absolute Gasteiger partial charge is 0.233 e. The zero-order chi connectivity index (χ0) is 14.0. The molecule has 0 saturated carbocycles. The minimum Gasteiger partial charge on any atom is -0.492 e. The molecule has 0 fully saturated rings. The Balaban J connectivity index is 2.70. The van der Waals surface area contributed by atoms with Gasteiger partial charge in [0.2, 0.25) is 9.05 Å². The largest absolute Gasteiger partial charge is 0.492 e. The third-order valence-corrected chi connectivity index (χ3v) is 4.38. The fraction of sp³-hybridized carbons (Fsp3) is 0.455. The van der Waals surface area contributed by atoms with Crippen LogP contribution >= 0.6 is 38.2 Å². The molecule has 0 aliphatic heterocycles. The van der Waals surface area contributed by atoms with E-state index in [2.05, 4.69) is 15.9 Å². The molecule has 0 amide bonds. The van der Waals surface area contributed by atoms with Crippen molar-refractivity contribution in [1.82, 2.24) is 0 Å². The number of hydrogen-bond acceptors (Lipinski definition) is 3. The maximum Gasteiger partial charge on any atom is 0.233 e. The summed E-state index contributed by atoms with van der Waals surface area (Å²) in [4.78, 5) is 0. The predicted octanol–water partition coefficient (Wildman–Crippen LogP) is 4.08. The summed E-state index contributed by atoms with van der Waals surface area (Å²) in [6.07, 6.45) is 0. The summed E-state index contributed by atoms with van der Waals surface area (Å²) in [5.74, 6) is 0.465. The highest BCUT2D eigenvalue weighted by Gasteiger charge is 2.26. The van der Waals surface area contributed by atoms with Crippen molar-refractivity contribution in [2.24, 2.45) is 5.41 Å². The van der Waals surface area contributed by atoms with Gasteiger partial charge in [0.05, 0.1) is 16.8 Å². The van der Waals surface area contributed by atoms with Gasteiger partial charge in [0.25, 0.3) is 0 Å². The van der Waals surface area contributed by atoms with Crippen molar-refractivity contribution < 1.29 is 13.2 Å². The van der Waals surface area contributed by atoms with E-state index in [9.17, 15) is 8.42 Å². The maximum absolute atomic E-state index is 11.1. The average Bonchev–Trinajstić information content (AvgIpc) is 2.12. The monoisotopic (exact) mass is 374 g/mol. The lowest BCUT2D eigenvalue weighted by Crippen LogP contribution is -2.28. The first-order chi connectivity index (χ1) is 8.09. The second-order valence-electron chi connectivity index (χ2n) is 4.71. The second kappa shape index (κ2) is 5.99. The molecule has 1 aromatic rings. The minimum absolute atomic E-state index is 0.146. The minimum atomic E-state index is -3.54. The Morgan fingerprint density at radius 1 is 1.39 bits per heavy atom. The molecule has 0 aliphatic rings. The van der Waals surface area contributed by atoms with Crippen LogP contribution in [0.4, 0.5) is 0 Å². The van der Waals surface area contributed by atoms with Crippen LogP contribution in [0.5, 0.6) is 5.75 Å². The number of halogens is 3. The molecule has 0 bridgehead atoms. The Bertz CT molecular complexity index is 529. The Kier molecular flexibility index (Phi) is 5.35. The molecule has 0 unspecified atom stereocenters. The standard InChI is InChI=1S/C11H13BrCl2O3S/c1-11(2,7-18(14,15)16)6-17-10-4-3-8(13)5-9(10)12/h3-5H,6-7H2,1-2H3. The van der Waals surface area contributed by atoms with Crippen molar-refractivity contribution >= 4 is 47.3 Å². The molecule has 0 spiro atoms. The van der Waals surface area contributed by atoms with Crippen molar-refractivity contribution in [2.75, 3.05) is 12.4 Å². The summed E-state index contributed by atoms with van der Waals surface area (Å²) in [5, 5.41) is 0.594. The fourth-order valence-electron chi connectivity index (χ4n) is 1.37. The Morgan fingerprint density at radius 2 is 2.00 bits per heavy atom. The van der Waals surface area contributed by atoms with Crippen LogP contribution in [0.2, 0.25) is 5.02 Å². The molecular formula is C11H13BrCl2O3S. The molecule has 18 heavy (non-hydrogen) atoms. The van der Waals surface area contributed by atoms with Crippen LogP contribution < -0.4 is 4.74 Å². The first kappa shape index (κ1) is 16.1. The van der Waals surface area contributed by atoms with E-state index in [4.69, 9.17) is 27.0 Å². The third-order valence-electron chi connectivity index (χ3n) is 2.08. The van der Waals surface area contributed by atoms with Gasteiger partial charge in [-0.15, -0.1) is 0 Å². The van der Waals surface area contributed by atoms with Crippen molar-refractivity contribution in [3.05, 3.63) is 27.7 Å². The highest BCUT2D eigenvalue weighted by molar-refractivity contribution is 9.10. The zero-order valence-corrected chi connectivity index (χ0v) is 13.8. The first-order valence-electron chi connectivity index (χ1n) is 5.09. The van der Waals surface area contributed by atoms with Gasteiger partial charge in [0.1, 0.15) is 5.75 Å². The molecule has 0 saturated heterocycles. The molecule has 0 radical (unpaired) electrons. The van der Waals surface area contributed by atoms with Gasteiger partial charge in [-0.1, -0.05) is 25.4 Å². The normalized spacial score (nSPS) is 12.5. The van der Waals surface area contributed by atoms with Crippen molar-refractivity contribution in [3.63, 3.8) is 0 Å². The van der Waals surface area contributed by atoms with Crippen LogP contribution in [0.1, 0.15) is 13.8 Å². The molecule has 102 valence electrons. The number of rotatable bonds is 5. The van der Waals surface area contributed by atoms with Gasteiger partial charge in [-0.25, -0.2) is 8.42 Å². The molecule has 0 heterocycles. The van der Waals surface area contributed by atoms with Gasteiger partial charge >= 0.3 is 0 Å². The van der Waals surface area contributed by atoms with Gasteiger partial charge in [0, 0.05) is 21.1 Å². The van der Waals surface area contributed by atoms with Crippen LogP contribution in [-0.4, -0.2) is 20.8 Å². The highest BCUT2D eigenvalue weighted by Crippen LogP contribution is 2.30. The molecular weight excluding hydrogens is 363 g/mol. The molecule has 0 N–H and O–H groups in total. The van der Waals surface area contributed by atoms with Gasteiger partial charge in [-0.05, 0) is 34.1 Å². The number of benzene rings is 1. The Labute approximate surface area is 125 Å². The summed E-state index contributed by atoms with van der Waals surface area (Å²) in [7, 11) is 1.70. The van der Waals surface area contributed by atoms with E-state index in [1.807, 2.05) is 0 Å². The highest BCUT2D eigenvalue weighted by atomic mass is 79.9. The summed E-state index contributed by atoms with van der Waals surface area (Å²) < 4.78 is 28.4. The molecule has 0 atom stereocenters. The Hall–Kier alpha value is 0.0300. The van der Waals surface area contributed by atoms with Crippen molar-refractivity contribution in [3.8, 4) is 5.75 Å². The lowest BCUT2D eigenvalue weighted by Gasteiger charge is -2.23. The van der Waals surface area contributed by atoms with E-state index in [1.165, 1.54) is 0 Å². The number of hydrogen-bond donors (Lipinski definition) is 0. The van der Waals surface area contributed by atoms with E-state index < -0.39 is 14.5 Å². The second-order valence-corrected chi connectivity index (χ2v) is 8.78. The molecule has 0 aliphatic carbocycles. The van der Waals surface area contributed by atoms with E-state index in [0.29, 0.717) is 10.8 Å². The van der Waals surface area contributed by atoms with Crippen LogP contribution in [0.15, 0.2) is 22.7 Å². The Morgan fingerprint density at radius 3 is 2.50 bits per heavy atom. The van der Waals surface area contributed by atoms with Gasteiger partial charge in [-0.2, -0.15) is 0 Å². The van der Waals surface area contributed by atoms with E-state index >= 15 is 0 Å². The van der Waals surface area contributed by atoms with Crippen LogP contribution in [0.3, 0.4) is 0 Å². The first-order valence-corrected chi connectivity index (χ1v) is 8.74. The van der Waals surface area contributed by atoms with E-state index in [-0.39, 0.29) is 12.4 Å². The number of ether oxygens (including phenoxy) is 1. The SMILES string of the molecule is CC(C)(COc1ccc(Cl)cc1Br)CS(=O)(=O)Cl. The van der Waals surface area contributed by atoms with E-state index in [1.54, 1.807) is 32.0 Å².